The van der Waals surface area contributed by atoms with Crippen molar-refractivity contribution in [3.05, 3.63) is 76.8 Å². The summed E-state index contributed by atoms with van der Waals surface area (Å²) in [5, 5.41) is 12.6. The van der Waals surface area contributed by atoms with Crippen molar-refractivity contribution < 1.29 is 28.6 Å². The normalized spacial score (nSPS) is 15.7. The van der Waals surface area contributed by atoms with Crippen molar-refractivity contribution in [3.63, 3.8) is 0 Å². The first-order valence-electron chi connectivity index (χ1n) is 11.6. The van der Waals surface area contributed by atoms with E-state index in [1.807, 2.05) is 48.5 Å². The molecule has 1 atom stereocenters. The fourth-order valence-electron chi connectivity index (χ4n) is 4.87. The molecule has 1 aliphatic heterocycles. The van der Waals surface area contributed by atoms with Gasteiger partial charge in [0.25, 0.3) is 0 Å². The second-order valence-electron chi connectivity index (χ2n) is 8.76. The van der Waals surface area contributed by atoms with Gasteiger partial charge in [-0.3, -0.25) is 14.5 Å². The number of methoxy groups -OCH3 is 2. The van der Waals surface area contributed by atoms with Crippen LogP contribution in [-0.2, 0) is 17.9 Å². The van der Waals surface area contributed by atoms with Crippen LogP contribution in [0.3, 0.4) is 0 Å². The monoisotopic (exact) mass is 514 g/mol. The molecule has 0 radical (unpaired) electrons. The highest BCUT2D eigenvalue weighted by Gasteiger charge is 2.41. The van der Waals surface area contributed by atoms with E-state index in [1.165, 1.54) is 18.4 Å². The summed E-state index contributed by atoms with van der Waals surface area (Å²) in [5.41, 5.74) is 3.54. The Labute approximate surface area is 215 Å². The predicted molar refractivity (Wildman–Crippen MR) is 139 cm³/mol. The van der Waals surface area contributed by atoms with Gasteiger partial charge in [0, 0.05) is 35.5 Å². The molecule has 0 fully saturated rings. The van der Waals surface area contributed by atoms with E-state index >= 15 is 0 Å². The van der Waals surface area contributed by atoms with Gasteiger partial charge in [-0.2, -0.15) is 0 Å². The Morgan fingerprint density at radius 1 is 1.11 bits per heavy atom. The summed E-state index contributed by atoms with van der Waals surface area (Å²) in [5.74, 6) is -0.493. The van der Waals surface area contributed by atoms with Gasteiger partial charge in [0.15, 0.2) is 6.04 Å². The van der Waals surface area contributed by atoms with Gasteiger partial charge in [-0.05, 0) is 18.2 Å². The quantitative estimate of drug-likeness (QED) is 0.302. The number of para-hydroxylation sites is 2. The van der Waals surface area contributed by atoms with Crippen molar-refractivity contribution in [2.75, 3.05) is 14.2 Å². The lowest BCUT2D eigenvalue weighted by atomic mass is 10.0. The number of ketones is 1. The molecule has 3 heterocycles. The first kappa shape index (κ1) is 23.2. The van der Waals surface area contributed by atoms with Gasteiger partial charge in [0.1, 0.15) is 27.7 Å². The van der Waals surface area contributed by atoms with Crippen LogP contribution in [0.15, 0.2) is 65.1 Å². The van der Waals surface area contributed by atoms with E-state index in [1.54, 1.807) is 24.1 Å². The van der Waals surface area contributed by atoms with E-state index in [2.05, 4.69) is 0 Å². The topological polar surface area (TPSA) is 102 Å². The van der Waals surface area contributed by atoms with E-state index in [9.17, 15) is 14.7 Å². The minimum absolute atomic E-state index is 0.196. The van der Waals surface area contributed by atoms with Gasteiger partial charge < -0.3 is 19.0 Å². The van der Waals surface area contributed by atoms with E-state index in [0.717, 1.165) is 27.5 Å². The van der Waals surface area contributed by atoms with Crippen LogP contribution in [-0.4, -0.2) is 47.0 Å². The molecule has 1 aliphatic rings. The average Bonchev–Trinajstić information content (AvgIpc) is 3.50. The van der Waals surface area contributed by atoms with Crippen molar-refractivity contribution in [2.24, 2.45) is 0 Å². The predicted octanol–water partition coefficient (Wildman–Crippen LogP) is 5.38. The number of ether oxygens (including phenoxy) is 2. The molecule has 37 heavy (non-hydrogen) atoms. The second-order valence-corrected chi connectivity index (χ2v) is 9.76. The Morgan fingerprint density at radius 2 is 1.92 bits per heavy atom. The summed E-state index contributed by atoms with van der Waals surface area (Å²) in [6.45, 7) is 0.404. The number of hydrogen-bond acceptors (Lipinski definition) is 8. The van der Waals surface area contributed by atoms with Crippen LogP contribution in [0, 0.1) is 0 Å². The number of benzene rings is 3. The number of fused-ring (bicyclic) bond motifs is 4. The highest BCUT2D eigenvalue weighted by Crippen LogP contribution is 2.40. The Hall–Kier alpha value is -4.21. The van der Waals surface area contributed by atoms with E-state index in [4.69, 9.17) is 18.9 Å². The molecule has 0 saturated heterocycles. The Bertz CT molecular complexity index is 1690. The zero-order valence-corrected chi connectivity index (χ0v) is 20.9. The lowest BCUT2D eigenvalue weighted by Gasteiger charge is -2.31. The minimum Gasteiger partial charge on any atom is -0.497 e. The molecule has 0 aliphatic carbocycles. The van der Waals surface area contributed by atoms with Crippen LogP contribution in [0.1, 0.15) is 20.9 Å². The summed E-state index contributed by atoms with van der Waals surface area (Å²) in [6.07, 6.45) is 0. The smallest absolute Gasteiger partial charge is 0.329 e. The molecule has 0 saturated carbocycles. The van der Waals surface area contributed by atoms with Crippen LogP contribution >= 0.6 is 11.3 Å². The van der Waals surface area contributed by atoms with Crippen molar-refractivity contribution in [2.45, 2.75) is 19.1 Å². The number of carbonyl (C=O) groups excluding carboxylic acids is 1. The van der Waals surface area contributed by atoms with Gasteiger partial charge in [0.2, 0.25) is 5.78 Å². The van der Waals surface area contributed by atoms with Crippen LogP contribution in [0.5, 0.6) is 11.5 Å². The number of carbonyl (C=O) groups is 2. The number of furan rings is 1. The van der Waals surface area contributed by atoms with Crippen molar-refractivity contribution >= 4 is 45.0 Å². The summed E-state index contributed by atoms with van der Waals surface area (Å²) in [4.78, 5) is 32.5. The molecule has 1 N–H and O–H groups in total. The zero-order chi connectivity index (χ0) is 25.7. The zero-order valence-electron chi connectivity index (χ0n) is 20.1. The van der Waals surface area contributed by atoms with Crippen LogP contribution < -0.4 is 9.47 Å². The number of aliphatic carboxylic acids is 1. The number of carboxylic acids is 1. The third-order valence-electron chi connectivity index (χ3n) is 6.62. The number of thiazole rings is 1. The molecule has 186 valence electrons. The van der Waals surface area contributed by atoms with E-state index in [0.29, 0.717) is 32.7 Å². The van der Waals surface area contributed by atoms with Gasteiger partial charge in [-0.1, -0.05) is 36.4 Å². The largest absolute Gasteiger partial charge is 0.497 e. The average molecular weight is 515 g/mol. The Morgan fingerprint density at radius 3 is 2.70 bits per heavy atom. The third-order valence-corrected chi connectivity index (χ3v) is 7.77. The summed E-state index contributed by atoms with van der Waals surface area (Å²) in [6, 6.07) is 17.6. The number of aromatic nitrogens is 1. The standard InChI is InChI=1S/C28H22N2O6S/c1-34-16-11-10-15(22(12-16)35-2)13-30-14-20-26(24(31)23(30)28(32)33)37-27(29-20)19-8-5-7-18-17-6-3-4-9-21(17)36-25(18)19/h3-12,23H,13-14H2,1-2H3,(H,32,33). The van der Waals surface area contributed by atoms with Crippen LogP contribution in [0.25, 0.3) is 32.5 Å². The number of nitrogens with zero attached hydrogens (tertiary/aromatic N) is 2. The van der Waals surface area contributed by atoms with Crippen molar-refractivity contribution in [1.29, 1.82) is 0 Å². The highest BCUT2D eigenvalue weighted by molar-refractivity contribution is 7.17. The number of Topliss-reactive ketones (excluding diaryl/α,β-unsaturated/α-hetero) is 1. The first-order chi connectivity index (χ1) is 18.0. The molecule has 5 aromatic rings. The Balaban J connectivity index is 1.41. The molecular weight excluding hydrogens is 492 g/mol. The van der Waals surface area contributed by atoms with Gasteiger partial charge in [-0.15, -0.1) is 11.3 Å². The first-order valence-corrected chi connectivity index (χ1v) is 12.4. The number of rotatable bonds is 6. The number of hydrogen-bond donors (Lipinski definition) is 1. The maximum absolute atomic E-state index is 13.4. The highest BCUT2D eigenvalue weighted by atomic mass is 32.1. The summed E-state index contributed by atoms with van der Waals surface area (Å²) in [7, 11) is 3.10. The van der Waals surface area contributed by atoms with E-state index < -0.39 is 17.8 Å². The lowest BCUT2D eigenvalue weighted by Crippen LogP contribution is -2.49. The van der Waals surface area contributed by atoms with Gasteiger partial charge in [0.05, 0.1) is 30.4 Å². The fourth-order valence-corrected chi connectivity index (χ4v) is 5.93. The maximum atomic E-state index is 13.4. The molecule has 0 amide bonds. The van der Waals surface area contributed by atoms with Crippen LogP contribution in [0.4, 0.5) is 0 Å². The maximum Gasteiger partial charge on any atom is 0.329 e. The molecule has 6 rings (SSSR count). The molecule has 1 unspecified atom stereocenters. The Kier molecular flexibility index (Phi) is 5.66. The molecule has 3 aromatic carbocycles. The van der Waals surface area contributed by atoms with Crippen molar-refractivity contribution in [1.82, 2.24) is 9.88 Å². The SMILES string of the molecule is COc1ccc(CN2Cc3nc(-c4cccc5c4oc4ccccc45)sc3C(=O)C2C(=O)O)c(OC)c1. The van der Waals surface area contributed by atoms with E-state index in [-0.39, 0.29) is 13.1 Å². The van der Waals surface area contributed by atoms with Gasteiger partial charge >= 0.3 is 5.97 Å². The van der Waals surface area contributed by atoms with Crippen molar-refractivity contribution in [3.8, 4) is 22.1 Å². The summed E-state index contributed by atoms with van der Waals surface area (Å²) < 4.78 is 16.9. The molecule has 8 nitrogen and oxygen atoms in total. The molecule has 0 spiro atoms. The molecule has 9 heteroatoms. The van der Waals surface area contributed by atoms with Crippen LogP contribution in [0.2, 0.25) is 0 Å². The molecule has 0 bridgehead atoms. The third kappa shape index (κ3) is 3.83. The molecular formula is C28H22N2O6S. The number of carboxylic acid groups (broad SMARTS) is 1. The van der Waals surface area contributed by atoms with Gasteiger partial charge in [-0.25, -0.2) is 4.98 Å². The fraction of sp³-hybridized carbons (Fsp3) is 0.179. The molecule has 2 aromatic heterocycles. The minimum atomic E-state index is -1.32. The summed E-state index contributed by atoms with van der Waals surface area (Å²) >= 11 is 1.21. The lowest BCUT2D eigenvalue weighted by molar-refractivity contribution is -0.142. The second kappa shape index (κ2) is 9.02.